The number of rotatable bonds is 1. The maximum absolute atomic E-state index is 13.3. The zero-order valence-electron chi connectivity index (χ0n) is 10.6. The maximum atomic E-state index is 13.3. The Morgan fingerprint density at radius 3 is 2.62 bits per heavy atom. The first kappa shape index (κ1) is 14.2. The number of hydrogen-bond donors (Lipinski definition) is 0. The van der Waals surface area contributed by atoms with Crippen LogP contribution in [-0.4, -0.2) is 10.8 Å². The number of aromatic nitrogens is 1. The number of halogens is 4. The van der Waals surface area contributed by atoms with E-state index in [1.807, 2.05) is 0 Å². The summed E-state index contributed by atoms with van der Waals surface area (Å²) in [5.74, 6) is -0.873. The van der Waals surface area contributed by atoms with Gasteiger partial charge in [0.1, 0.15) is 10.8 Å². The van der Waals surface area contributed by atoms with Gasteiger partial charge in [-0.15, -0.1) is 11.3 Å². The summed E-state index contributed by atoms with van der Waals surface area (Å²) in [6.45, 7) is 0. The van der Waals surface area contributed by atoms with Crippen molar-refractivity contribution < 1.29 is 22.4 Å². The molecule has 0 fully saturated rings. The minimum Gasteiger partial charge on any atom is -0.293 e. The fraction of sp³-hybridized carbons (Fsp3) is 0.286. The van der Waals surface area contributed by atoms with E-state index in [-0.39, 0.29) is 16.4 Å². The number of nitrogens with zero attached hydrogens (tertiary/aromatic N) is 1. The van der Waals surface area contributed by atoms with Gasteiger partial charge in [0.25, 0.3) is 0 Å². The fourth-order valence-electron chi connectivity index (χ4n) is 2.32. The Bertz CT molecular complexity index is 720. The fourth-order valence-corrected chi connectivity index (χ4v) is 3.43. The lowest BCUT2D eigenvalue weighted by Gasteiger charge is -2.10. The van der Waals surface area contributed by atoms with Gasteiger partial charge < -0.3 is 0 Å². The van der Waals surface area contributed by atoms with Crippen molar-refractivity contribution in [2.75, 3.05) is 0 Å². The van der Waals surface area contributed by atoms with Gasteiger partial charge >= 0.3 is 6.18 Å². The summed E-state index contributed by atoms with van der Waals surface area (Å²) in [6.07, 6.45) is -3.01. The van der Waals surface area contributed by atoms with Gasteiger partial charge in [0.05, 0.1) is 16.1 Å². The van der Waals surface area contributed by atoms with Gasteiger partial charge in [-0.1, -0.05) is 0 Å². The van der Waals surface area contributed by atoms with Gasteiger partial charge in [-0.2, -0.15) is 13.2 Å². The van der Waals surface area contributed by atoms with Crippen molar-refractivity contribution >= 4 is 17.1 Å². The van der Waals surface area contributed by atoms with Gasteiger partial charge in [0, 0.05) is 12.0 Å². The Morgan fingerprint density at radius 1 is 1.19 bits per heavy atom. The Hall–Kier alpha value is -1.76. The standard InChI is InChI=1S/C14H9F4NOS/c15-7-4-5-9(14(16,17)18)8(6-7)13-19-10-2-1-3-11(20)12(10)21-13/h4-6H,1-3H2. The van der Waals surface area contributed by atoms with Crippen LogP contribution in [0.3, 0.4) is 0 Å². The molecule has 0 atom stereocenters. The molecule has 3 rings (SSSR count). The van der Waals surface area contributed by atoms with Crippen molar-refractivity contribution in [1.82, 2.24) is 4.98 Å². The molecule has 7 heteroatoms. The highest BCUT2D eigenvalue weighted by Crippen LogP contribution is 2.40. The number of fused-ring (bicyclic) bond motifs is 1. The van der Waals surface area contributed by atoms with E-state index < -0.39 is 17.6 Å². The first-order valence-corrected chi connectivity index (χ1v) is 7.08. The second kappa shape index (κ2) is 4.91. The third-order valence-corrected chi connectivity index (χ3v) is 4.46. The van der Waals surface area contributed by atoms with E-state index in [1.54, 1.807) is 0 Å². The minimum atomic E-state index is -4.60. The Kier molecular flexibility index (Phi) is 3.32. The van der Waals surface area contributed by atoms with Crippen LogP contribution in [0.15, 0.2) is 18.2 Å². The van der Waals surface area contributed by atoms with Crippen LogP contribution in [0.25, 0.3) is 10.6 Å². The highest BCUT2D eigenvalue weighted by molar-refractivity contribution is 7.17. The second-order valence-electron chi connectivity index (χ2n) is 4.76. The van der Waals surface area contributed by atoms with Crippen LogP contribution in [0.4, 0.5) is 17.6 Å². The number of thiazole rings is 1. The summed E-state index contributed by atoms with van der Waals surface area (Å²) in [5, 5.41) is 0.0436. The highest BCUT2D eigenvalue weighted by atomic mass is 32.1. The molecule has 1 aromatic carbocycles. The third-order valence-electron chi connectivity index (χ3n) is 3.29. The lowest BCUT2D eigenvalue weighted by atomic mass is 10.0. The first-order chi connectivity index (χ1) is 9.86. The molecule has 2 nitrogen and oxygen atoms in total. The molecule has 110 valence electrons. The van der Waals surface area contributed by atoms with Crippen LogP contribution in [-0.2, 0) is 12.6 Å². The van der Waals surface area contributed by atoms with Crippen LogP contribution in [0.1, 0.15) is 33.8 Å². The quantitative estimate of drug-likeness (QED) is 0.726. The summed E-state index contributed by atoms with van der Waals surface area (Å²) in [6, 6.07) is 2.29. The molecule has 1 aliphatic carbocycles. The number of carbonyl (C=O) groups is 1. The molecule has 2 aromatic rings. The summed E-state index contributed by atoms with van der Waals surface area (Å²) in [4.78, 5) is 16.3. The smallest absolute Gasteiger partial charge is 0.293 e. The molecule has 0 saturated heterocycles. The SMILES string of the molecule is O=C1CCCc2nc(-c3cc(F)ccc3C(F)(F)F)sc21. The molecule has 1 aromatic heterocycles. The van der Waals surface area contributed by atoms with Crippen molar-refractivity contribution in [3.63, 3.8) is 0 Å². The van der Waals surface area contributed by atoms with E-state index in [0.29, 0.717) is 35.9 Å². The maximum Gasteiger partial charge on any atom is 0.417 e. The molecular formula is C14H9F4NOS. The zero-order chi connectivity index (χ0) is 15.2. The molecule has 0 saturated carbocycles. The number of hydrogen-bond acceptors (Lipinski definition) is 3. The van der Waals surface area contributed by atoms with Crippen molar-refractivity contribution in [2.45, 2.75) is 25.4 Å². The molecule has 0 radical (unpaired) electrons. The van der Waals surface area contributed by atoms with Crippen LogP contribution in [0.5, 0.6) is 0 Å². The number of Topliss-reactive ketones (excluding diaryl/α,β-unsaturated/α-hetero) is 1. The molecule has 0 bridgehead atoms. The number of benzene rings is 1. The normalized spacial score (nSPS) is 15.1. The molecule has 1 aliphatic rings. The second-order valence-corrected chi connectivity index (χ2v) is 5.76. The average molecular weight is 315 g/mol. The molecule has 21 heavy (non-hydrogen) atoms. The Labute approximate surface area is 121 Å². The van der Waals surface area contributed by atoms with E-state index in [4.69, 9.17) is 0 Å². The van der Waals surface area contributed by atoms with Crippen LogP contribution in [0.2, 0.25) is 0 Å². The number of carbonyl (C=O) groups excluding carboxylic acids is 1. The zero-order valence-corrected chi connectivity index (χ0v) is 11.4. The van der Waals surface area contributed by atoms with Crippen molar-refractivity contribution in [3.05, 3.63) is 40.2 Å². The number of alkyl halides is 3. The van der Waals surface area contributed by atoms with E-state index in [9.17, 15) is 22.4 Å². The predicted molar refractivity (Wildman–Crippen MR) is 69.8 cm³/mol. The minimum absolute atomic E-state index is 0.0436. The first-order valence-electron chi connectivity index (χ1n) is 6.26. The number of aryl methyl sites for hydroxylation is 1. The topological polar surface area (TPSA) is 30.0 Å². The molecule has 0 amide bonds. The van der Waals surface area contributed by atoms with Crippen molar-refractivity contribution in [1.29, 1.82) is 0 Å². The lowest BCUT2D eigenvalue weighted by molar-refractivity contribution is -0.137. The van der Waals surface area contributed by atoms with Gasteiger partial charge in [-0.05, 0) is 31.0 Å². The molecule has 0 unspecified atom stereocenters. The predicted octanol–water partition coefficient (Wildman–Crippen LogP) is 4.49. The highest BCUT2D eigenvalue weighted by Gasteiger charge is 2.35. The molecule has 0 spiro atoms. The third kappa shape index (κ3) is 2.57. The van der Waals surface area contributed by atoms with Crippen molar-refractivity contribution in [2.24, 2.45) is 0 Å². The summed E-state index contributed by atoms with van der Waals surface area (Å²) < 4.78 is 52.4. The Morgan fingerprint density at radius 2 is 1.95 bits per heavy atom. The van der Waals surface area contributed by atoms with Crippen molar-refractivity contribution in [3.8, 4) is 10.6 Å². The average Bonchev–Trinajstić information content (AvgIpc) is 2.82. The largest absolute Gasteiger partial charge is 0.417 e. The molecule has 0 N–H and O–H groups in total. The van der Waals surface area contributed by atoms with E-state index in [2.05, 4.69) is 4.98 Å². The van der Waals surface area contributed by atoms with Crippen LogP contribution >= 0.6 is 11.3 Å². The lowest BCUT2D eigenvalue weighted by Crippen LogP contribution is -2.08. The molecular weight excluding hydrogens is 306 g/mol. The van der Waals surface area contributed by atoms with Gasteiger partial charge in [-0.3, -0.25) is 4.79 Å². The summed E-state index contributed by atoms with van der Waals surface area (Å²) in [5.41, 5.74) is -0.735. The van der Waals surface area contributed by atoms with Crippen LogP contribution < -0.4 is 0 Å². The number of ketones is 1. The van der Waals surface area contributed by atoms with Gasteiger partial charge in [-0.25, -0.2) is 9.37 Å². The summed E-state index contributed by atoms with van der Waals surface area (Å²) in [7, 11) is 0. The monoisotopic (exact) mass is 315 g/mol. The van der Waals surface area contributed by atoms with Gasteiger partial charge in [0.15, 0.2) is 5.78 Å². The van der Waals surface area contributed by atoms with Gasteiger partial charge in [0.2, 0.25) is 0 Å². The van der Waals surface area contributed by atoms with Crippen LogP contribution in [0, 0.1) is 5.82 Å². The van der Waals surface area contributed by atoms with E-state index in [0.717, 1.165) is 23.5 Å². The van der Waals surface area contributed by atoms with E-state index in [1.165, 1.54) is 0 Å². The molecule has 0 aliphatic heterocycles. The van der Waals surface area contributed by atoms with E-state index >= 15 is 0 Å². The summed E-state index contributed by atoms with van der Waals surface area (Å²) >= 11 is 0.908. The molecule has 1 heterocycles. The Balaban J connectivity index is 2.17.